The minimum atomic E-state index is -0.370. The summed E-state index contributed by atoms with van der Waals surface area (Å²) in [6.07, 6.45) is 1.60. The number of nitrogens with zero attached hydrogens (tertiary/aromatic N) is 1. The second-order valence-electron chi connectivity index (χ2n) is 6.77. The quantitative estimate of drug-likeness (QED) is 0.637. The van der Waals surface area contributed by atoms with Crippen LogP contribution in [0.4, 0.5) is 0 Å². The number of benzene rings is 1. The molecule has 0 atom stereocenters. The third-order valence-electron chi connectivity index (χ3n) is 3.70. The van der Waals surface area contributed by atoms with Gasteiger partial charge in [-0.3, -0.25) is 9.59 Å². The third-order valence-corrected chi connectivity index (χ3v) is 4.65. The third kappa shape index (κ3) is 5.53. The smallest absolute Gasteiger partial charge is 0.259 e. The van der Waals surface area contributed by atoms with E-state index in [1.165, 1.54) is 0 Å². The van der Waals surface area contributed by atoms with E-state index in [9.17, 15) is 9.59 Å². The highest BCUT2D eigenvalue weighted by Crippen LogP contribution is 2.22. The van der Waals surface area contributed by atoms with Crippen molar-refractivity contribution in [1.82, 2.24) is 10.7 Å². The van der Waals surface area contributed by atoms with Gasteiger partial charge in [-0.05, 0) is 47.0 Å². The number of hydrazone groups is 1. The monoisotopic (exact) mass is 357 g/mol. The molecule has 0 saturated carbocycles. The maximum atomic E-state index is 12.1. The first-order valence-corrected chi connectivity index (χ1v) is 8.90. The van der Waals surface area contributed by atoms with Crippen LogP contribution < -0.4 is 10.7 Å². The second kappa shape index (κ2) is 8.07. The van der Waals surface area contributed by atoms with Gasteiger partial charge in [-0.25, -0.2) is 5.43 Å². The Balaban J connectivity index is 1.82. The van der Waals surface area contributed by atoms with Crippen molar-refractivity contribution in [3.8, 4) is 0 Å². The minimum Gasteiger partial charge on any atom is -0.343 e. The van der Waals surface area contributed by atoms with E-state index in [-0.39, 0.29) is 23.8 Å². The average molecular weight is 357 g/mol. The fourth-order valence-corrected chi connectivity index (χ4v) is 2.89. The van der Waals surface area contributed by atoms with E-state index in [1.807, 2.05) is 30.5 Å². The zero-order chi connectivity index (χ0) is 18.4. The maximum Gasteiger partial charge on any atom is 0.259 e. The summed E-state index contributed by atoms with van der Waals surface area (Å²) in [5.41, 5.74) is 5.23. The van der Waals surface area contributed by atoms with Crippen molar-refractivity contribution in [1.29, 1.82) is 0 Å². The molecule has 1 aromatic heterocycles. The van der Waals surface area contributed by atoms with Gasteiger partial charge >= 0.3 is 0 Å². The summed E-state index contributed by atoms with van der Waals surface area (Å²) in [6.45, 7) is 8.20. The topological polar surface area (TPSA) is 70.6 Å². The van der Waals surface area contributed by atoms with Crippen molar-refractivity contribution in [3.63, 3.8) is 0 Å². The number of thiophene rings is 1. The standard InChI is InChI=1S/C19H23N3O2S/c1-13-9-10-25-16(13)11-21-22-17(23)12-20-18(24)14-5-7-15(8-6-14)19(2,3)4/h5-11H,12H2,1-4H3,(H,20,24)(H,22,23)/b21-11+. The van der Waals surface area contributed by atoms with Crippen molar-refractivity contribution >= 4 is 29.4 Å². The molecule has 0 bridgehead atoms. The molecule has 5 nitrogen and oxygen atoms in total. The SMILES string of the molecule is Cc1ccsc1/C=N/NC(=O)CNC(=O)c1ccc(C(C)(C)C)cc1. The van der Waals surface area contributed by atoms with Crippen LogP contribution in [0.25, 0.3) is 0 Å². The van der Waals surface area contributed by atoms with Crippen LogP contribution in [0.5, 0.6) is 0 Å². The van der Waals surface area contributed by atoms with Gasteiger partial charge in [-0.2, -0.15) is 5.10 Å². The van der Waals surface area contributed by atoms with Gasteiger partial charge in [0, 0.05) is 10.4 Å². The number of hydrogen-bond acceptors (Lipinski definition) is 4. The van der Waals surface area contributed by atoms with Crippen LogP contribution in [-0.4, -0.2) is 24.6 Å². The fourth-order valence-electron chi connectivity index (χ4n) is 2.10. The van der Waals surface area contributed by atoms with E-state index < -0.39 is 0 Å². The maximum absolute atomic E-state index is 12.1. The molecule has 0 aliphatic rings. The Morgan fingerprint density at radius 1 is 1.16 bits per heavy atom. The number of hydrogen-bond donors (Lipinski definition) is 2. The van der Waals surface area contributed by atoms with Crippen LogP contribution in [0.15, 0.2) is 40.8 Å². The van der Waals surface area contributed by atoms with E-state index in [4.69, 9.17) is 0 Å². The lowest BCUT2D eigenvalue weighted by Crippen LogP contribution is -2.34. The predicted octanol–water partition coefficient (Wildman–Crippen LogP) is 3.23. The molecule has 0 radical (unpaired) electrons. The summed E-state index contributed by atoms with van der Waals surface area (Å²) in [5.74, 6) is -0.654. The van der Waals surface area contributed by atoms with Crippen molar-refractivity contribution in [2.75, 3.05) is 6.54 Å². The zero-order valence-corrected chi connectivity index (χ0v) is 15.7. The molecule has 25 heavy (non-hydrogen) atoms. The van der Waals surface area contributed by atoms with E-state index in [0.29, 0.717) is 5.56 Å². The number of amides is 2. The summed E-state index contributed by atoms with van der Waals surface area (Å²) in [6, 6.07) is 9.39. The number of carbonyl (C=O) groups excluding carboxylic acids is 2. The van der Waals surface area contributed by atoms with Crippen LogP contribution in [0, 0.1) is 6.92 Å². The molecule has 0 spiro atoms. The van der Waals surface area contributed by atoms with Gasteiger partial charge in [0.1, 0.15) is 0 Å². The molecule has 0 saturated heterocycles. The van der Waals surface area contributed by atoms with Crippen LogP contribution in [0.1, 0.15) is 47.1 Å². The van der Waals surface area contributed by atoms with Gasteiger partial charge in [0.15, 0.2) is 0 Å². The molecular weight excluding hydrogens is 334 g/mol. The molecule has 0 aliphatic carbocycles. The number of aryl methyl sites for hydroxylation is 1. The highest BCUT2D eigenvalue weighted by Gasteiger charge is 2.14. The van der Waals surface area contributed by atoms with Gasteiger partial charge in [-0.15, -0.1) is 11.3 Å². The molecule has 0 aliphatic heterocycles. The first kappa shape index (κ1) is 18.9. The van der Waals surface area contributed by atoms with E-state index >= 15 is 0 Å². The molecule has 132 valence electrons. The van der Waals surface area contributed by atoms with Gasteiger partial charge in [0.05, 0.1) is 12.8 Å². The van der Waals surface area contributed by atoms with Crippen LogP contribution in [-0.2, 0) is 10.2 Å². The van der Waals surface area contributed by atoms with Crippen molar-refractivity contribution in [2.24, 2.45) is 5.10 Å². The van der Waals surface area contributed by atoms with E-state index in [2.05, 4.69) is 36.6 Å². The molecule has 2 N–H and O–H groups in total. The first-order valence-electron chi connectivity index (χ1n) is 8.02. The predicted molar refractivity (Wildman–Crippen MR) is 102 cm³/mol. The summed E-state index contributed by atoms with van der Waals surface area (Å²) in [4.78, 5) is 24.8. The van der Waals surface area contributed by atoms with Crippen molar-refractivity contribution in [3.05, 3.63) is 57.3 Å². The van der Waals surface area contributed by atoms with Crippen LogP contribution in [0.3, 0.4) is 0 Å². The van der Waals surface area contributed by atoms with Gasteiger partial charge < -0.3 is 5.32 Å². The summed E-state index contributed by atoms with van der Waals surface area (Å²) >= 11 is 1.55. The average Bonchev–Trinajstić information content (AvgIpc) is 2.97. The number of rotatable bonds is 5. The van der Waals surface area contributed by atoms with Gasteiger partial charge in [0.2, 0.25) is 0 Å². The Hall–Kier alpha value is -2.47. The molecule has 2 aromatic rings. The molecule has 0 unspecified atom stereocenters. The first-order chi connectivity index (χ1) is 11.8. The van der Waals surface area contributed by atoms with Gasteiger partial charge in [0.25, 0.3) is 11.8 Å². The molecule has 2 rings (SSSR count). The number of nitrogens with one attached hydrogen (secondary N) is 2. The Labute approximate surface area is 152 Å². The lowest BCUT2D eigenvalue weighted by Gasteiger charge is -2.19. The second-order valence-corrected chi connectivity index (χ2v) is 7.72. The highest BCUT2D eigenvalue weighted by atomic mass is 32.1. The Bertz CT molecular complexity index is 771. The molecule has 1 aromatic carbocycles. The molecule has 0 fully saturated rings. The molecular formula is C19H23N3O2S. The molecule has 2 amide bonds. The Morgan fingerprint density at radius 2 is 1.84 bits per heavy atom. The summed E-state index contributed by atoms with van der Waals surface area (Å²) in [5, 5.41) is 8.45. The van der Waals surface area contributed by atoms with Crippen molar-refractivity contribution < 1.29 is 9.59 Å². The lowest BCUT2D eigenvalue weighted by molar-refractivity contribution is -0.120. The van der Waals surface area contributed by atoms with Crippen LogP contribution >= 0.6 is 11.3 Å². The zero-order valence-electron chi connectivity index (χ0n) is 14.9. The van der Waals surface area contributed by atoms with Gasteiger partial charge in [-0.1, -0.05) is 32.9 Å². The van der Waals surface area contributed by atoms with E-state index in [1.54, 1.807) is 29.7 Å². The normalized spacial score (nSPS) is 11.5. The largest absolute Gasteiger partial charge is 0.343 e. The fraction of sp³-hybridized carbons (Fsp3) is 0.316. The number of carbonyl (C=O) groups is 2. The Morgan fingerprint density at radius 3 is 2.40 bits per heavy atom. The van der Waals surface area contributed by atoms with Crippen molar-refractivity contribution in [2.45, 2.75) is 33.1 Å². The summed E-state index contributed by atoms with van der Waals surface area (Å²) < 4.78 is 0. The minimum absolute atomic E-state index is 0.0355. The molecule has 6 heteroatoms. The summed E-state index contributed by atoms with van der Waals surface area (Å²) in [7, 11) is 0. The Kier molecular flexibility index (Phi) is 6.09. The molecule has 1 heterocycles. The van der Waals surface area contributed by atoms with E-state index in [0.717, 1.165) is 16.0 Å². The lowest BCUT2D eigenvalue weighted by atomic mass is 9.87. The highest BCUT2D eigenvalue weighted by molar-refractivity contribution is 7.11. The van der Waals surface area contributed by atoms with Crippen LogP contribution in [0.2, 0.25) is 0 Å².